The average molecular weight is 260 g/mol. The molecule has 5 heteroatoms. The molecule has 16 heavy (non-hydrogen) atoms. The highest BCUT2D eigenvalue weighted by Crippen LogP contribution is 2.30. The van der Waals surface area contributed by atoms with Gasteiger partial charge in [0.05, 0.1) is 10.0 Å². The third-order valence-electron chi connectivity index (χ3n) is 2.08. The number of halogens is 4. The molecular formula is C11H5Cl2F2N. The maximum Gasteiger partial charge on any atom is 0.249 e. The molecule has 0 saturated carbocycles. The molecule has 0 aliphatic heterocycles. The van der Waals surface area contributed by atoms with E-state index in [0.717, 1.165) is 0 Å². The molecule has 0 aliphatic rings. The van der Waals surface area contributed by atoms with Crippen LogP contribution in [0.25, 0.3) is 11.1 Å². The predicted molar refractivity (Wildman–Crippen MR) is 59.6 cm³/mol. The fraction of sp³-hybridized carbons (Fsp3) is 0. The summed E-state index contributed by atoms with van der Waals surface area (Å²) in [6, 6.07) is 5.93. The first-order chi connectivity index (χ1) is 7.59. The lowest BCUT2D eigenvalue weighted by atomic mass is 10.1. The summed E-state index contributed by atoms with van der Waals surface area (Å²) in [4.78, 5) is 3.20. The van der Waals surface area contributed by atoms with Gasteiger partial charge in [0, 0.05) is 11.8 Å². The van der Waals surface area contributed by atoms with Gasteiger partial charge in [0.25, 0.3) is 0 Å². The highest BCUT2D eigenvalue weighted by atomic mass is 35.5. The maximum absolute atomic E-state index is 13.4. The highest BCUT2D eigenvalue weighted by molar-refractivity contribution is 6.42. The van der Waals surface area contributed by atoms with E-state index in [9.17, 15) is 8.78 Å². The lowest BCUT2D eigenvalue weighted by molar-refractivity contribution is 0.482. The van der Waals surface area contributed by atoms with Gasteiger partial charge in [0.15, 0.2) is 5.82 Å². The van der Waals surface area contributed by atoms with E-state index < -0.39 is 11.8 Å². The van der Waals surface area contributed by atoms with E-state index >= 15 is 0 Å². The lowest BCUT2D eigenvalue weighted by Gasteiger charge is -2.04. The molecule has 82 valence electrons. The van der Waals surface area contributed by atoms with Crippen LogP contribution >= 0.6 is 23.2 Å². The Balaban J connectivity index is 2.59. The topological polar surface area (TPSA) is 12.9 Å². The summed E-state index contributed by atoms with van der Waals surface area (Å²) in [5, 5.41) is 0.649. The van der Waals surface area contributed by atoms with Crippen LogP contribution in [0.4, 0.5) is 8.78 Å². The summed E-state index contributed by atoms with van der Waals surface area (Å²) < 4.78 is 26.3. The molecule has 1 aromatic heterocycles. The van der Waals surface area contributed by atoms with Crippen LogP contribution in [-0.4, -0.2) is 4.98 Å². The van der Waals surface area contributed by atoms with Gasteiger partial charge >= 0.3 is 0 Å². The second-order valence-corrected chi connectivity index (χ2v) is 3.91. The molecule has 0 atom stereocenters. The van der Waals surface area contributed by atoms with Crippen molar-refractivity contribution >= 4 is 23.2 Å². The Bertz CT molecular complexity index is 544. The van der Waals surface area contributed by atoms with Crippen molar-refractivity contribution in [3.63, 3.8) is 0 Å². The zero-order valence-electron chi connectivity index (χ0n) is 7.85. The Hall–Kier alpha value is -1.19. The number of nitrogens with zero attached hydrogens (tertiary/aromatic N) is 1. The zero-order valence-corrected chi connectivity index (χ0v) is 9.36. The van der Waals surface area contributed by atoms with Crippen LogP contribution in [0.1, 0.15) is 0 Å². The summed E-state index contributed by atoms with van der Waals surface area (Å²) in [7, 11) is 0. The van der Waals surface area contributed by atoms with Gasteiger partial charge < -0.3 is 0 Å². The molecule has 0 aliphatic carbocycles. The fourth-order valence-corrected chi connectivity index (χ4v) is 1.60. The van der Waals surface area contributed by atoms with Crippen LogP contribution in [-0.2, 0) is 0 Å². The summed E-state index contributed by atoms with van der Waals surface area (Å²) in [5.74, 6) is -2.13. The molecule has 1 heterocycles. The Morgan fingerprint density at radius 1 is 1.00 bits per heavy atom. The Kier molecular flexibility index (Phi) is 3.08. The summed E-state index contributed by atoms with van der Waals surface area (Å²) in [6.45, 7) is 0. The summed E-state index contributed by atoms with van der Waals surface area (Å²) in [5.41, 5.74) is 0.555. The largest absolute Gasteiger partial charge is 0.249 e. The van der Waals surface area contributed by atoms with Gasteiger partial charge in [-0.2, -0.15) is 4.39 Å². The predicted octanol–water partition coefficient (Wildman–Crippen LogP) is 4.33. The Labute approximate surface area is 101 Å². The standard InChI is InChI=1S/C11H5Cl2F2N/c12-8-2-1-6(5-9(8)13)7-3-4-16-11(15)10(7)14/h1-5H. The minimum absolute atomic E-state index is 0.103. The van der Waals surface area contributed by atoms with Crippen LogP contribution in [0.3, 0.4) is 0 Å². The van der Waals surface area contributed by atoms with Crippen molar-refractivity contribution in [2.24, 2.45) is 0 Å². The third-order valence-corrected chi connectivity index (χ3v) is 2.82. The van der Waals surface area contributed by atoms with E-state index in [1.54, 1.807) is 6.07 Å². The maximum atomic E-state index is 13.4. The van der Waals surface area contributed by atoms with Gasteiger partial charge in [-0.05, 0) is 23.8 Å². The molecule has 1 nitrogen and oxygen atoms in total. The molecule has 2 aromatic rings. The molecule has 0 bridgehead atoms. The van der Waals surface area contributed by atoms with Crippen LogP contribution in [0, 0.1) is 11.8 Å². The molecular weight excluding hydrogens is 255 g/mol. The van der Waals surface area contributed by atoms with Crippen molar-refractivity contribution in [3.05, 3.63) is 52.3 Å². The number of aromatic nitrogens is 1. The summed E-state index contributed by atoms with van der Waals surface area (Å²) in [6.07, 6.45) is 1.19. The van der Waals surface area contributed by atoms with Gasteiger partial charge in [-0.25, -0.2) is 9.37 Å². The number of hydrogen-bond donors (Lipinski definition) is 0. The number of rotatable bonds is 1. The first kappa shape index (κ1) is 11.3. The minimum atomic E-state index is -1.14. The van der Waals surface area contributed by atoms with Gasteiger partial charge in [0.1, 0.15) is 0 Å². The zero-order chi connectivity index (χ0) is 11.7. The molecule has 0 amide bonds. The van der Waals surface area contributed by atoms with Crippen LogP contribution < -0.4 is 0 Å². The minimum Gasteiger partial charge on any atom is -0.226 e. The monoisotopic (exact) mass is 259 g/mol. The fourth-order valence-electron chi connectivity index (χ4n) is 1.30. The van der Waals surface area contributed by atoms with Crippen molar-refractivity contribution < 1.29 is 8.78 Å². The van der Waals surface area contributed by atoms with Crippen LogP contribution in [0.5, 0.6) is 0 Å². The first-order valence-electron chi connectivity index (χ1n) is 4.35. The van der Waals surface area contributed by atoms with Crippen molar-refractivity contribution in [1.29, 1.82) is 0 Å². The van der Waals surface area contributed by atoms with Gasteiger partial charge in [-0.3, -0.25) is 0 Å². The van der Waals surface area contributed by atoms with E-state index in [-0.39, 0.29) is 10.6 Å². The third kappa shape index (κ3) is 2.01. The van der Waals surface area contributed by atoms with E-state index in [0.29, 0.717) is 10.6 Å². The molecule has 2 rings (SSSR count). The molecule has 1 aromatic carbocycles. The molecule has 0 fully saturated rings. The number of pyridine rings is 1. The van der Waals surface area contributed by atoms with Crippen molar-refractivity contribution in [2.75, 3.05) is 0 Å². The highest BCUT2D eigenvalue weighted by Gasteiger charge is 2.11. The molecule has 0 N–H and O–H groups in total. The van der Waals surface area contributed by atoms with Gasteiger partial charge in [0.2, 0.25) is 5.95 Å². The molecule has 0 radical (unpaired) electrons. The number of benzene rings is 1. The van der Waals surface area contributed by atoms with Crippen molar-refractivity contribution in [3.8, 4) is 11.1 Å². The Morgan fingerprint density at radius 2 is 1.75 bits per heavy atom. The molecule has 0 unspecified atom stereocenters. The van der Waals surface area contributed by atoms with Gasteiger partial charge in [-0.15, -0.1) is 0 Å². The number of hydrogen-bond acceptors (Lipinski definition) is 1. The SMILES string of the molecule is Fc1nccc(-c2ccc(Cl)c(Cl)c2)c1F. The normalized spacial score (nSPS) is 10.5. The van der Waals surface area contributed by atoms with Crippen molar-refractivity contribution in [1.82, 2.24) is 4.98 Å². The van der Waals surface area contributed by atoms with E-state index in [1.807, 2.05) is 0 Å². The second-order valence-electron chi connectivity index (χ2n) is 3.09. The first-order valence-corrected chi connectivity index (χ1v) is 5.10. The van der Waals surface area contributed by atoms with Gasteiger partial charge in [-0.1, -0.05) is 29.3 Å². The van der Waals surface area contributed by atoms with Crippen molar-refractivity contribution in [2.45, 2.75) is 0 Å². The Morgan fingerprint density at radius 3 is 2.44 bits per heavy atom. The summed E-state index contributed by atoms with van der Waals surface area (Å²) >= 11 is 11.5. The van der Waals surface area contributed by atoms with E-state index in [1.165, 1.54) is 24.4 Å². The lowest BCUT2D eigenvalue weighted by Crippen LogP contribution is -1.92. The van der Waals surface area contributed by atoms with E-state index in [2.05, 4.69) is 4.98 Å². The molecule has 0 saturated heterocycles. The molecule has 0 spiro atoms. The van der Waals surface area contributed by atoms with E-state index in [4.69, 9.17) is 23.2 Å². The van der Waals surface area contributed by atoms with Crippen LogP contribution in [0.15, 0.2) is 30.5 Å². The van der Waals surface area contributed by atoms with Crippen LogP contribution in [0.2, 0.25) is 10.0 Å². The average Bonchev–Trinajstić information content (AvgIpc) is 2.26. The second kappa shape index (κ2) is 4.36. The smallest absolute Gasteiger partial charge is 0.226 e. The quantitative estimate of drug-likeness (QED) is 0.695.